The van der Waals surface area contributed by atoms with Crippen LogP contribution in [0, 0.1) is 13.8 Å². The van der Waals surface area contributed by atoms with Crippen LogP contribution in [0.25, 0.3) is 22.3 Å². The lowest BCUT2D eigenvalue weighted by atomic mass is 9.77. The van der Waals surface area contributed by atoms with E-state index in [0.29, 0.717) is 0 Å². The maximum atomic E-state index is 6.26. The van der Waals surface area contributed by atoms with Gasteiger partial charge in [0.05, 0.1) is 11.5 Å². The molecule has 22 heavy (non-hydrogen) atoms. The molecular weight excluding hydrogens is 302 g/mol. The van der Waals surface area contributed by atoms with Gasteiger partial charge in [-0.1, -0.05) is 47.4 Å². The van der Waals surface area contributed by atoms with Gasteiger partial charge in [-0.25, -0.2) is 0 Å². The largest absolute Gasteiger partial charge is 0.642 e. The second kappa shape index (κ2) is 5.95. The molecule has 0 fully saturated rings. The third-order valence-electron chi connectivity index (χ3n) is 3.96. The lowest BCUT2D eigenvalue weighted by molar-refractivity contribution is 0.567. The van der Waals surface area contributed by atoms with Crippen LogP contribution in [-0.4, -0.2) is 29.0 Å². The Morgan fingerprint density at radius 2 is 1.00 bits per heavy atom. The fourth-order valence-corrected chi connectivity index (χ4v) is 4.58. The van der Waals surface area contributed by atoms with E-state index in [-0.39, 0.29) is 0 Å². The first-order valence-corrected chi connectivity index (χ1v) is 13.6. The normalized spacial score (nSPS) is 11.2. The van der Waals surface area contributed by atoms with Gasteiger partial charge in [0.25, 0.3) is 0 Å². The zero-order chi connectivity index (χ0) is 16.0. The molecule has 2 aromatic carbocycles. The highest BCUT2D eigenvalue weighted by Crippen LogP contribution is 2.57. The number of fused-ring (bicyclic) bond motifs is 4. The Hall–Kier alpha value is -0.895. The van der Waals surface area contributed by atoms with Crippen LogP contribution in [0.5, 0.6) is 11.5 Å². The van der Waals surface area contributed by atoms with Crippen molar-refractivity contribution in [3.63, 3.8) is 0 Å². The number of aryl methyl sites for hydroxylation is 2. The highest BCUT2D eigenvalue weighted by atomic mass is 27.2. The molecule has 1 aliphatic rings. The maximum absolute atomic E-state index is 6.26. The number of rotatable bonds is 4. The summed E-state index contributed by atoms with van der Waals surface area (Å²) in [6.07, 6.45) is 0. The third-order valence-corrected chi connectivity index (χ3v) is 5.37. The summed E-state index contributed by atoms with van der Waals surface area (Å²) in [4.78, 5) is 0. The molecule has 0 atom stereocenters. The lowest BCUT2D eigenvalue weighted by Crippen LogP contribution is -2.17. The van der Waals surface area contributed by atoms with Crippen molar-refractivity contribution in [2.24, 2.45) is 0 Å². The predicted molar refractivity (Wildman–Crippen MR) is 96.6 cm³/mol. The van der Waals surface area contributed by atoms with Crippen molar-refractivity contribution < 1.29 is 7.58 Å². The number of hydrogen-bond acceptors (Lipinski definition) is 2. The molecule has 1 aliphatic carbocycles. The van der Waals surface area contributed by atoms with E-state index >= 15 is 0 Å². The van der Waals surface area contributed by atoms with Crippen molar-refractivity contribution in [1.29, 1.82) is 0 Å². The SMILES string of the molecule is Cc1ccc2c(c1[O][Al]([CH3])[CH3])-c1c-2ccc(C)c1[O][Al]([CH3])[CH3]. The Bertz CT molecular complexity index is 673. The molecule has 0 N–H and O–H groups in total. The molecule has 0 heterocycles. The number of hydrogen-bond donors (Lipinski definition) is 0. The Balaban J connectivity index is 2.18. The van der Waals surface area contributed by atoms with E-state index in [1.807, 2.05) is 0 Å². The summed E-state index contributed by atoms with van der Waals surface area (Å²) in [5, 5.41) is 0. The molecule has 0 radical (unpaired) electrons. The van der Waals surface area contributed by atoms with Gasteiger partial charge >= 0.3 is 29.0 Å². The fraction of sp³-hybridized carbons (Fsp3) is 0.333. The zero-order valence-electron chi connectivity index (χ0n) is 14.3. The first kappa shape index (κ1) is 16.0. The molecule has 0 saturated heterocycles. The average molecular weight is 324 g/mol. The molecule has 112 valence electrons. The van der Waals surface area contributed by atoms with E-state index in [1.165, 1.54) is 33.4 Å². The van der Waals surface area contributed by atoms with Crippen LogP contribution < -0.4 is 7.58 Å². The average Bonchev–Trinajstić information content (AvgIpc) is 2.40. The zero-order valence-corrected chi connectivity index (χ0v) is 16.6. The van der Waals surface area contributed by atoms with Crippen molar-refractivity contribution in [2.45, 2.75) is 37.0 Å². The van der Waals surface area contributed by atoms with Crippen LogP contribution in [0.15, 0.2) is 24.3 Å². The second-order valence-corrected chi connectivity index (χ2v) is 11.3. The monoisotopic (exact) mass is 324 g/mol. The Morgan fingerprint density at radius 1 is 0.636 bits per heavy atom. The van der Waals surface area contributed by atoms with Gasteiger partial charge in [-0.05, 0) is 36.1 Å². The minimum Gasteiger partial charge on any atom is -0.642 e. The van der Waals surface area contributed by atoms with Gasteiger partial charge in [-0.3, -0.25) is 0 Å². The highest BCUT2D eigenvalue weighted by molar-refractivity contribution is 6.50. The molecule has 0 aromatic heterocycles. The summed E-state index contributed by atoms with van der Waals surface area (Å²) in [6, 6.07) is 8.78. The minimum absolute atomic E-state index is 1.08. The molecule has 0 unspecified atom stereocenters. The van der Waals surface area contributed by atoms with Gasteiger partial charge in [0.15, 0.2) is 0 Å². The van der Waals surface area contributed by atoms with Crippen LogP contribution in [0.4, 0.5) is 0 Å². The second-order valence-electron chi connectivity index (χ2n) is 6.60. The van der Waals surface area contributed by atoms with Gasteiger partial charge in [-0.2, -0.15) is 0 Å². The van der Waals surface area contributed by atoms with Gasteiger partial charge in [0.1, 0.15) is 0 Å². The third kappa shape index (κ3) is 2.60. The van der Waals surface area contributed by atoms with Crippen molar-refractivity contribution in [3.8, 4) is 33.8 Å². The smallest absolute Gasteiger partial charge is 0.540 e. The Morgan fingerprint density at radius 3 is 1.32 bits per heavy atom. The number of benzene rings is 2. The predicted octanol–water partition coefficient (Wildman–Crippen LogP) is 5.21. The first-order chi connectivity index (χ1) is 10.4. The summed E-state index contributed by atoms with van der Waals surface area (Å²) >= 11 is -2.29. The summed E-state index contributed by atoms with van der Waals surface area (Å²) in [7, 11) is 0. The van der Waals surface area contributed by atoms with Crippen molar-refractivity contribution in [1.82, 2.24) is 0 Å². The van der Waals surface area contributed by atoms with Gasteiger partial charge in [-0.15, -0.1) is 0 Å². The Labute approximate surface area is 142 Å². The van der Waals surface area contributed by atoms with Gasteiger partial charge < -0.3 is 7.58 Å². The molecule has 0 aliphatic heterocycles. The van der Waals surface area contributed by atoms with E-state index in [2.05, 4.69) is 61.3 Å². The quantitative estimate of drug-likeness (QED) is 0.613. The molecule has 2 nitrogen and oxygen atoms in total. The summed E-state index contributed by atoms with van der Waals surface area (Å²) in [5.41, 5.74) is 7.59. The summed E-state index contributed by atoms with van der Waals surface area (Å²) in [6.45, 7) is 4.27. The molecule has 4 heteroatoms. The van der Waals surface area contributed by atoms with Crippen LogP contribution in [0.2, 0.25) is 23.1 Å². The van der Waals surface area contributed by atoms with E-state index in [1.54, 1.807) is 0 Å². The molecule has 3 rings (SSSR count). The molecule has 0 amide bonds. The van der Waals surface area contributed by atoms with Crippen LogP contribution in [-0.2, 0) is 0 Å². The van der Waals surface area contributed by atoms with Gasteiger partial charge in [0, 0.05) is 11.1 Å². The summed E-state index contributed by atoms with van der Waals surface area (Å²) in [5.74, 6) is 11.0. The molecule has 0 saturated carbocycles. The van der Waals surface area contributed by atoms with E-state index in [9.17, 15) is 0 Å². The van der Waals surface area contributed by atoms with E-state index in [0.717, 1.165) is 11.5 Å². The highest BCUT2D eigenvalue weighted by Gasteiger charge is 2.32. The topological polar surface area (TPSA) is 18.5 Å². The lowest BCUT2D eigenvalue weighted by Gasteiger charge is -2.32. The fourth-order valence-electron chi connectivity index (χ4n) is 3.03. The molecular formula is C18H22Al2O2. The van der Waals surface area contributed by atoms with Crippen molar-refractivity contribution in [2.75, 3.05) is 0 Å². The molecule has 0 spiro atoms. The maximum Gasteiger partial charge on any atom is 0.540 e. The van der Waals surface area contributed by atoms with E-state index < -0.39 is 29.0 Å². The Kier molecular flexibility index (Phi) is 4.33. The van der Waals surface area contributed by atoms with Crippen LogP contribution in [0.1, 0.15) is 11.1 Å². The summed E-state index contributed by atoms with van der Waals surface area (Å²) < 4.78 is 12.5. The first-order valence-electron chi connectivity index (χ1n) is 8.01. The van der Waals surface area contributed by atoms with Crippen molar-refractivity contribution >= 4 is 29.0 Å². The van der Waals surface area contributed by atoms with Gasteiger partial charge in [0.2, 0.25) is 0 Å². The standard InChI is InChI=1S/C14H12O2.4CH3.2Al/c1-7-3-5-9-10-6-4-8(2)14(16)12(10)11(9)13(7)15;;;;;;/h3-6,15-16H,1-2H3;4*1H3;;/q;;;;;2*+1/p-2. The van der Waals surface area contributed by atoms with E-state index in [4.69, 9.17) is 7.58 Å². The van der Waals surface area contributed by atoms with Crippen molar-refractivity contribution in [3.05, 3.63) is 35.4 Å². The molecule has 2 aromatic rings. The molecule has 0 bridgehead atoms. The minimum atomic E-state index is -1.14. The van der Waals surface area contributed by atoms with Crippen LogP contribution >= 0.6 is 0 Å². The van der Waals surface area contributed by atoms with Crippen LogP contribution in [0.3, 0.4) is 0 Å².